The molecule has 1 rings (SSSR count). The Hall–Kier alpha value is -1.74. The zero-order chi connectivity index (χ0) is 14.5. The Morgan fingerprint density at radius 2 is 1.40 bits per heavy atom. The maximum Gasteiger partial charge on any atom is 0.148 e. The molecule has 3 N–H and O–H groups in total. The summed E-state index contributed by atoms with van der Waals surface area (Å²) in [5.41, 5.74) is 3.68. The van der Waals surface area contributed by atoms with Crippen LogP contribution in [0.25, 0.3) is 0 Å². The standard InChI is InChI=1S/C15H21NO4/c1-2-8-19-14-3-5-15(6-4-14)20-13-12-18-11-10-17-9-7-16/h1,3-6H,7-13,16H2/p+1. The molecule has 110 valence electrons. The first-order valence-electron chi connectivity index (χ1n) is 6.60. The molecule has 1 aromatic rings. The highest BCUT2D eigenvalue weighted by atomic mass is 16.5. The SMILES string of the molecule is C#CCOc1ccc(OCCOCCOCC[NH3+])cc1. The van der Waals surface area contributed by atoms with Gasteiger partial charge in [-0.15, -0.1) is 6.42 Å². The molecule has 5 nitrogen and oxygen atoms in total. The molecule has 0 atom stereocenters. The maximum atomic E-state index is 5.52. The summed E-state index contributed by atoms with van der Waals surface area (Å²) in [5, 5.41) is 0. The molecule has 0 fully saturated rings. The molecule has 0 aliphatic rings. The van der Waals surface area contributed by atoms with Crippen LogP contribution in [0.15, 0.2) is 24.3 Å². The van der Waals surface area contributed by atoms with Gasteiger partial charge in [-0.3, -0.25) is 0 Å². The third kappa shape index (κ3) is 7.64. The summed E-state index contributed by atoms with van der Waals surface area (Å²) in [6.45, 7) is 3.92. The van der Waals surface area contributed by atoms with E-state index in [0.29, 0.717) is 33.0 Å². The van der Waals surface area contributed by atoms with Crippen molar-refractivity contribution in [1.82, 2.24) is 0 Å². The van der Waals surface area contributed by atoms with Gasteiger partial charge in [0.2, 0.25) is 0 Å². The fourth-order valence-corrected chi connectivity index (χ4v) is 1.40. The largest absolute Gasteiger partial charge is 0.491 e. The lowest BCUT2D eigenvalue weighted by Crippen LogP contribution is -2.52. The predicted octanol–water partition coefficient (Wildman–Crippen LogP) is 0.353. The van der Waals surface area contributed by atoms with Crippen molar-refractivity contribution in [2.24, 2.45) is 0 Å². The zero-order valence-corrected chi connectivity index (χ0v) is 11.7. The van der Waals surface area contributed by atoms with Gasteiger partial charge in [0.1, 0.15) is 24.7 Å². The minimum atomic E-state index is 0.268. The normalized spacial score (nSPS) is 10.0. The van der Waals surface area contributed by atoms with E-state index in [1.54, 1.807) is 0 Å². The van der Waals surface area contributed by atoms with Gasteiger partial charge < -0.3 is 24.7 Å². The molecule has 0 unspecified atom stereocenters. The summed E-state index contributed by atoms with van der Waals surface area (Å²) in [4.78, 5) is 0. The molecule has 0 heterocycles. The lowest BCUT2D eigenvalue weighted by Gasteiger charge is -2.08. The van der Waals surface area contributed by atoms with Gasteiger partial charge in [0, 0.05) is 0 Å². The quantitative estimate of drug-likeness (QED) is 0.469. The second kappa shape index (κ2) is 11.1. The van der Waals surface area contributed by atoms with E-state index in [4.69, 9.17) is 25.4 Å². The molecule has 20 heavy (non-hydrogen) atoms. The molecular weight excluding hydrogens is 258 g/mol. The Morgan fingerprint density at radius 1 is 0.850 bits per heavy atom. The zero-order valence-electron chi connectivity index (χ0n) is 11.7. The number of benzene rings is 1. The summed E-state index contributed by atoms with van der Waals surface area (Å²) < 4.78 is 21.4. The minimum absolute atomic E-state index is 0.268. The van der Waals surface area contributed by atoms with Crippen molar-refractivity contribution in [1.29, 1.82) is 0 Å². The van der Waals surface area contributed by atoms with Gasteiger partial charge >= 0.3 is 0 Å². The van der Waals surface area contributed by atoms with Crippen LogP contribution in [-0.4, -0.2) is 46.2 Å². The highest BCUT2D eigenvalue weighted by Crippen LogP contribution is 2.17. The van der Waals surface area contributed by atoms with Crippen LogP contribution < -0.4 is 15.2 Å². The van der Waals surface area contributed by atoms with Gasteiger partial charge in [0.15, 0.2) is 0 Å². The third-order valence-electron chi connectivity index (χ3n) is 2.30. The van der Waals surface area contributed by atoms with Gasteiger partial charge in [0.25, 0.3) is 0 Å². The number of ether oxygens (including phenoxy) is 4. The number of terminal acetylenes is 1. The molecule has 0 aliphatic heterocycles. The predicted molar refractivity (Wildman–Crippen MR) is 75.7 cm³/mol. The van der Waals surface area contributed by atoms with Crippen molar-refractivity contribution < 1.29 is 24.7 Å². The second-order valence-corrected chi connectivity index (χ2v) is 3.89. The van der Waals surface area contributed by atoms with Crippen molar-refractivity contribution >= 4 is 0 Å². The first kappa shape index (κ1) is 16.3. The van der Waals surface area contributed by atoms with Crippen LogP contribution in [0.3, 0.4) is 0 Å². The van der Waals surface area contributed by atoms with Crippen molar-refractivity contribution in [2.75, 3.05) is 46.2 Å². The average molecular weight is 280 g/mol. The first-order valence-corrected chi connectivity index (χ1v) is 6.60. The summed E-state index contributed by atoms with van der Waals surface area (Å²) in [6, 6.07) is 7.31. The average Bonchev–Trinajstić information content (AvgIpc) is 2.49. The first-order chi connectivity index (χ1) is 9.86. The third-order valence-corrected chi connectivity index (χ3v) is 2.30. The Balaban J connectivity index is 2.06. The molecule has 5 heteroatoms. The molecule has 0 aliphatic carbocycles. The summed E-state index contributed by atoms with van der Waals surface area (Å²) in [5.74, 6) is 3.92. The molecule has 0 bridgehead atoms. The van der Waals surface area contributed by atoms with Crippen LogP contribution in [0.5, 0.6) is 11.5 Å². The van der Waals surface area contributed by atoms with Crippen LogP contribution in [0.4, 0.5) is 0 Å². The van der Waals surface area contributed by atoms with E-state index >= 15 is 0 Å². The number of hydrogen-bond donors (Lipinski definition) is 1. The van der Waals surface area contributed by atoms with Crippen LogP contribution in [0.2, 0.25) is 0 Å². The van der Waals surface area contributed by atoms with E-state index in [2.05, 4.69) is 11.7 Å². The van der Waals surface area contributed by atoms with Crippen LogP contribution in [0.1, 0.15) is 0 Å². The molecule has 0 spiro atoms. The van der Waals surface area contributed by atoms with Crippen LogP contribution in [-0.2, 0) is 9.47 Å². The highest BCUT2D eigenvalue weighted by Gasteiger charge is 1.96. The summed E-state index contributed by atoms with van der Waals surface area (Å²) in [7, 11) is 0. The highest BCUT2D eigenvalue weighted by molar-refractivity contribution is 5.31. The number of hydrogen-bond acceptors (Lipinski definition) is 4. The number of quaternary nitrogens is 1. The summed E-state index contributed by atoms with van der Waals surface area (Å²) in [6.07, 6.45) is 5.11. The van der Waals surface area contributed by atoms with Gasteiger partial charge in [-0.1, -0.05) is 5.92 Å². The van der Waals surface area contributed by atoms with E-state index in [-0.39, 0.29) is 6.61 Å². The van der Waals surface area contributed by atoms with E-state index < -0.39 is 0 Å². The Morgan fingerprint density at radius 3 is 2.00 bits per heavy atom. The van der Waals surface area contributed by atoms with Crippen molar-refractivity contribution in [3.63, 3.8) is 0 Å². The topological polar surface area (TPSA) is 64.6 Å². The lowest BCUT2D eigenvalue weighted by atomic mass is 10.3. The second-order valence-electron chi connectivity index (χ2n) is 3.89. The molecule has 0 radical (unpaired) electrons. The molecule has 0 saturated carbocycles. The van der Waals surface area contributed by atoms with E-state index in [1.807, 2.05) is 24.3 Å². The van der Waals surface area contributed by atoms with Gasteiger partial charge in [0.05, 0.1) is 33.0 Å². The Bertz CT molecular complexity index is 386. The fraction of sp³-hybridized carbons (Fsp3) is 0.467. The van der Waals surface area contributed by atoms with E-state index in [0.717, 1.165) is 18.0 Å². The van der Waals surface area contributed by atoms with Crippen LogP contribution in [0, 0.1) is 12.3 Å². The van der Waals surface area contributed by atoms with Gasteiger partial charge in [-0.05, 0) is 24.3 Å². The van der Waals surface area contributed by atoms with E-state index in [1.165, 1.54) is 0 Å². The van der Waals surface area contributed by atoms with Gasteiger partial charge in [-0.2, -0.15) is 0 Å². The monoisotopic (exact) mass is 280 g/mol. The molecular formula is C15H22NO4+. The van der Waals surface area contributed by atoms with Crippen molar-refractivity contribution in [3.05, 3.63) is 24.3 Å². The van der Waals surface area contributed by atoms with Crippen molar-refractivity contribution in [2.45, 2.75) is 0 Å². The van der Waals surface area contributed by atoms with Gasteiger partial charge in [-0.25, -0.2) is 0 Å². The lowest BCUT2D eigenvalue weighted by molar-refractivity contribution is -0.374. The van der Waals surface area contributed by atoms with Crippen LogP contribution >= 0.6 is 0 Å². The molecule has 0 saturated heterocycles. The smallest absolute Gasteiger partial charge is 0.148 e. The van der Waals surface area contributed by atoms with E-state index in [9.17, 15) is 0 Å². The Labute approximate surface area is 120 Å². The minimum Gasteiger partial charge on any atom is -0.491 e. The van der Waals surface area contributed by atoms with Crippen molar-refractivity contribution in [3.8, 4) is 23.8 Å². The Kier molecular flexibility index (Phi) is 9.07. The molecule has 0 aromatic heterocycles. The molecule has 1 aromatic carbocycles. The molecule has 0 amide bonds. The fourth-order valence-electron chi connectivity index (χ4n) is 1.40. The number of rotatable bonds is 11. The summed E-state index contributed by atoms with van der Waals surface area (Å²) >= 11 is 0. The maximum absolute atomic E-state index is 5.52.